The van der Waals surface area contributed by atoms with Gasteiger partial charge >= 0.3 is 0 Å². The van der Waals surface area contributed by atoms with E-state index >= 15 is 0 Å². The van der Waals surface area contributed by atoms with Gasteiger partial charge < -0.3 is 14.2 Å². The number of hydrogen-bond acceptors (Lipinski definition) is 4. The SMILES string of the molecule is O=Cc1ccccc1OCCCOC1CCCCO1. The molecule has 4 heteroatoms. The van der Waals surface area contributed by atoms with Crippen LogP contribution in [-0.4, -0.2) is 32.4 Å². The summed E-state index contributed by atoms with van der Waals surface area (Å²) in [5, 5.41) is 0. The summed E-state index contributed by atoms with van der Waals surface area (Å²) in [6.45, 7) is 1.96. The normalized spacial score (nSPS) is 19.1. The van der Waals surface area contributed by atoms with Crippen LogP contribution in [0.2, 0.25) is 0 Å². The largest absolute Gasteiger partial charge is 0.493 e. The second-order valence-corrected chi connectivity index (χ2v) is 4.52. The molecule has 0 N–H and O–H groups in total. The Morgan fingerprint density at radius 1 is 1.26 bits per heavy atom. The van der Waals surface area contributed by atoms with Gasteiger partial charge in [0.25, 0.3) is 0 Å². The molecule has 104 valence electrons. The molecule has 4 nitrogen and oxygen atoms in total. The van der Waals surface area contributed by atoms with Gasteiger partial charge in [0, 0.05) is 13.0 Å². The van der Waals surface area contributed by atoms with Gasteiger partial charge in [0.15, 0.2) is 12.6 Å². The van der Waals surface area contributed by atoms with Gasteiger partial charge in [0.1, 0.15) is 5.75 Å². The van der Waals surface area contributed by atoms with Gasteiger partial charge in [0.2, 0.25) is 0 Å². The maximum Gasteiger partial charge on any atom is 0.157 e. The fourth-order valence-corrected chi connectivity index (χ4v) is 2.01. The van der Waals surface area contributed by atoms with E-state index in [4.69, 9.17) is 14.2 Å². The minimum atomic E-state index is -0.0454. The van der Waals surface area contributed by atoms with Crippen molar-refractivity contribution in [2.24, 2.45) is 0 Å². The van der Waals surface area contributed by atoms with Crippen molar-refractivity contribution in [2.75, 3.05) is 19.8 Å². The molecule has 1 aromatic rings. The minimum Gasteiger partial charge on any atom is -0.493 e. The summed E-state index contributed by atoms with van der Waals surface area (Å²) < 4.78 is 16.6. The molecule has 1 fully saturated rings. The molecule has 1 aliphatic rings. The summed E-state index contributed by atoms with van der Waals surface area (Å²) in [4.78, 5) is 10.8. The van der Waals surface area contributed by atoms with Crippen molar-refractivity contribution in [3.8, 4) is 5.75 Å². The lowest BCUT2D eigenvalue weighted by Gasteiger charge is -2.22. The molecule has 0 aromatic heterocycles. The minimum absolute atomic E-state index is 0.0454. The molecule has 0 saturated carbocycles. The van der Waals surface area contributed by atoms with Crippen molar-refractivity contribution in [3.05, 3.63) is 29.8 Å². The van der Waals surface area contributed by atoms with Crippen LogP contribution in [0.5, 0.6) is 5.75 Å². The lowest BCUT2D eigenvalue weighted by molar-refractivity contribution is -0.163. The van der Waals surface area contributed by atoms with Crippen molar-refractivity contribution in [2.45, 2.75) is 32.0 Å². The van der Waals surface area contributed by atoms with Crippen LogP contribution in [0.25, 0.3) is 0 Å². The van der Waals surface area contributed by atoms with Crippen molar-refractivity contribution < 1.29 is 19.0 Å². The number of ether oxygens (including phenoxy) is 3. The highest BCUT2D eigenvalue weighted by molar-refractivity contribution is 5.79. The van der Waals surface area contributed by atoms with Gasteiger partial charge in [-0.3, -0.25) is 4.79 Å². The van der Waals surface area contributed by atoms with Crippen molar-refractivity contribution in [1.29, 1.82) is 0 Å². The van der Waals surface area contributed by atoms with Gasteiger partial charge in [0.05, 0.1) is 18.8 Å². The summed E-state index contributed by atoms with van der Waals surface area (Å²) in [5.74, 6) is 0.631. The lowest BCUT2D eigenvalue weighted by Crippen LogP contribution is -2.23. The zero-order valence-electron chi connectivity index (χ0n) is 11.0. The van der Waals surface area contributed by atoms with Gasteiger partial charge in [-0.05, 0) is 31.4 Å². The first-order valence-electron chi connectivity index (χ1n) is 6.80. The van der Waals surface area contributed by atoms with Crippen LogP contribution < -0.4 is 4.74 Å². The van der Waals surface area contributed by atoms with Gasteiger partial charge in [-0.1, -0.05) is 12.1 Å². The van der Waals surface area contributed by atoms with E-state index in [9.17, 15) is 4.79 Å². The highest BCUT2D eigenvalue weighted by Crippen LogP contribution is 2.16. The van der Waals surface area contributed by atoms with Crippen molar-refractivity contribution >= 4 is 6.29 Å². The van der Waals surface area contributed by atoms with E-state index in [2.05, 4.69) is 0 Å². The molecule has 0 aliphatic carbocycles. The number of hydrogen-bond donors (Lipinski definition) is 0. The van der Waals surface area contributed by atoms with E-state index in [1.165, 1.54) is 6.42 Å². The van der Waals surface area contributed by atoms with E-state index in [1.807, 2.05) is 12.1 Å². The van der Waals surface area contributed by atoms with Gasteiger partial charge in [-0.2, -0.15) is 0 Å². The molecule has 0 amide bonds. The first-order chi connectivity index (χ1) is 9.40. The molecule has 1 unspecified atom stereocenters. The monoisotopic (exact) mass is 264 g/mol. The standard InChI is InChI=1S/C15H20O4/c16-12-13-6-1-2-7-14(13)17-10-5-11-19-15-8-3-4-9-18-15/h1-2,6-7,12,15H,3-5,8-11H2. The van der Waals surface area contributed by atoms with Crippen LogP contribution in [0.15, 0.2) is 24.3 Å². The van der Waals surface area contributed by atoms with Crippen LogP contribution >= 0.6 is 0 Å². The third-order valence-corrected chi connectivity index (χ3v) is 3.03. The Bertz CT molecular complexity index is 385. The molecule has 0 radical (unpaired) electrons. The van der Waals surface area contributed by atoms with Gasteiger partial charge in [-0.15, -0.1) is 0 Å². The maximum atomic E-state index is 10.8. The number of carbonyl (C=O) groups is 1. The Morgan fingerprint density at radius 2 is 2.16 bits per heavy atom. The highest BCUT2D eigenvalue weighted by Gasteiger charge is 2.13. The fraction of sp³-hybridized carbons (Fsp3) is 0.533. The first kappa shape index (κ1) is 14.0. The van der Waals surface area contributed by atoms with Crippen molar-refractivity contribution in [3.63, 3.8) is 0 Å². The zero-order chi connectivity index (χ0) is 13.3. The summed E-state index contributed by atoms with van der Waals surface area (Å²) in [5.41, 5.74) is 0.582. The van der Waals surface area contributed by atoms with E-state index in [1.54, 1.807) is 12.1 Å². The predicted molar refractivity (Wildman–Crippen MR) is 71.5 cm³/mol. The average molecular weight is 264 g/mol. The zero-order valence-corrected chi connectivity index (χ0v) is 11.0. The smallest absolute Gasteiger partial charge is 0.157 e. The Hall–Kier alpha value is -1.39. The molecule has 2 rings (SSSR count). The lowest BCUT2D eigenvalue weighted by atomic mass is 10.2. The Balaban J connectivity index is 1.62. The molecule has 19 heavy (non-hydrogen) atoms. The summed E-state index contributed by atoms with van der Waals surface area (Å²) >= 11 is 0. The fourth-order valence-electron chi connectivity index (χ4n) is 2.01. The van der Waals surface area contributed by atoms with Crippen LogP contribution in [0.4, 0.5) is 0 Å². The van der Waals surface area contributed by atoms with E-state index in [-0.39, 0.29) is 6.29 Å². The summed E-state index contributed by atoms with van der Waals surface area (Å²) in [7, 11) is 0. The van der Waals surface area contributed by atoms with E-state index in [0.717, 1.165) is 32.2 Å². The van der Waals surface area contributed by atoms with Crippen LogP contribution in [0.3, 0.4) is 0 Å². The second-order valence-electron chi connectivity index (χ2n) is 4.52. The number of carbonyl (C=O) groups excluding carboxylic acids is 1. The third kappa shape index (κ3) is 4.65. The molecule has 1 aromatic carbocycles. The Labute approximate surface area is 113 Å². The van der Waals surface area contributed by atoms with Crippen LogP contribution in [0, 0.1) is 0 Å². The molecule has 1 aliphatic heterocycles. The predicted octanol–water partition coefficient (Wildman–Crippen LogP) is 2.81. The molecule has 1 atom stereocenters. The number of para-hydroxylation sites is 1. The number of aldehydes is 1. The quantitative estimate of drug-likeness (QED) is 0.561. The number of rotatable bonds is 7. The molecular formula is C15H20O4. The highest BCUT2D eigenvalue weighted by atomic mass is 16.7. The number of benzene rings is 1. The summed E-state index contributed by atoms with van der Waals surface area (Å²) in [6, 6.07) is 7.22. The van der Waals surface area contributed by atoms with Crippen molar-refractivity contribution in [1.82, 2.24) is 0 Å². The average Bonchev–Trinajstić information content (AvgIpc) is 2.48. The molecule has 1 heterocycles. The van der Waals surface area contributed by atoms with E-state index < -0.39 is 0 Å². The molecule has 1 saturated heterocycles. The van der Waals surface area contributed by atoms with E-state index in [0.29, 0.717) is 24.5 Å². The Morgan fingerprint density at radius 3 is 2.95 bits per heavy atom. The maximum absolute atomic E-state index is 10.8. The first-order valence-corrected chi connectivity index (χ1v) is 6.80. The Kier molecular flexibility index (Phi) is 5.85. The topological polar surface area (TPSA) is 44.8 Å². The van der Waals surface area contributed by atoms with Crippen LogP contribution in [0.1, 0.15) is 36.0 Å². The molecule has 0 bridgehead atoms. The molecule has 0 spiro atoms. The molecular weight excluding hydrogens is 244 g/mol. The summed E-state index contributed by atoms with van der Waals surface area (Å²) in [6.07, 6.45) is 4.83. The van der Waals surface area contributed by atoms with Gasteiger partial charge in [-0.25, -0.2) is 0 Å². The third-order valence-electron chi connectivity index (χ3n) is 3.03. The van der Waals surface area contributed by atoms with Crippen LogP contribution in [-0.2, 0) is 9.47 Å². The second kappa shape index (κ2) is 7.92.